The zero-order valence-corrected chi connectivity index (χ0v) is 13.0. The average Bonchev–Trinajstić information content (AvgIpc) is 2.51. The Hall–Kier alpha value is -1.42. The normalized spacial score (nSPS) is 12.3. The lowest BCUT2D eigenvalue weighted by molar-refractivity contribution is 0.220. The summed E-state index contributed by atoms with van der Waals surface area (Å²) >= 11 is 6.02. The van der Waals surface area contributed by atoms with E-state index in [9.17, 15) is 5.11 Å². The maximum Gasteiger partial charge on any atom is 0.0475 e. The van der Waals surface area contributed by atoms with Gasteiger partial charge in [-0.3, -0.25) is 4.98 Å². The number of benzene rings is 1. The van der Waals surface area contributed by atoms with Crippen LogP contribution in [0, 0.1) is 12.8 Å². The predicted octanol–water partition coefficient (Wildman–Crippen LogP) is 2.98. The highest BCUT2D eigenvalue weighted by Gasteiger charge is 2.09. The third kappa shape index (κ3) is 5.12. The summed E-state index contributed by atoms with van der Waals surface area (Å²) < 4.78 is 0. The summed E-state index contributed by atoms with van der Waals surface area (Å²) in [6.45, 7) is 3.69. The number of nitrogens with one attached hydrogen (secondary N) is 1. The molecule has 0 saturated heterocycles. The van der Waals surface area contributed by atoms with Gasteiger partial charge in [0.15, 0.2) is 0 Å². The second-order valence-corrected chi connectivity index (χ2v) is 5.70. The fraction of sp³-hybridized carbons (Fsp3) is 0.353. The molecular formula is C17H21ClN2O. The van der Waals surface area contributed by atoms with E-state index in [4.69, 9.17) is 11.6 Å². The molecule has 3 nitrogen and oxygen atoms in total. The fourth-order valence-electron chi connectivity index (χ4n) is 2.25. The Morgan fingerprint density at radius 1 is 1.29 bits per heavy atom. The minimum Gasteiger partial charge on any atom is -0.396 e. The first kappa shape index (κ1) is 16.0. The molecule has 0 saturated carbocycles. The molecule has 0 bridgehead atoms. The second-order valence-electron chi connectivity index (χ2n) is 5.29. The van der Waals surface area contributed by atoms with Crippen LogP contribution in [-0.4, -0.2) is 23.2 Å². The summed E-state index contributed by atoms with van der Waals surface area (Å²) in [4.78, 5) is 4.30. The molecule has 1 aromatic heterocycles. The Bertz CT molecular complexity index is 560. The summed E-state index contributed by atoms with van der Waals surface area (Å²) in [7, 11) is 0. The van der Waals surface area contributed by atoms with Crippen LogP contribution in [0.15, 0.2) is 42.6 Å². The fourth-order valence-corrected chi connectivity index (χ4v) is 2.37. The number of aliphatic hydroxyl groups is 1. The van der Waals surface area contributed by atoms with Crippen molar-refractivity contribution in [3.8, 4) is 0 Å². The number of nitrogens with zero attached hydrogens (tertiary/aromatic N) is 1. The second kappa shape index (κ2) is 8.13. The summed E-state index contributed by atoms with van der Waals surface area (Å²) in [5.41, 5.74) is 3.30. The molecule has 0 fully saturated rings. The zero-order valence-electron chi connectivity index (χ0n) is 12.2. The molecule has 0 aliphatic heterocycles. The van der Waals surface area contributed by atoms with Crippen LogP contribution in [0.1, 0.15) is 16.8 Å². The minimum absolute atomic E-state index is 0.156. The van der Waals surface area contributed by atoms with E-state index in [0.29, 0.717) is 0 Å². The van der Waals surface area contributed by atoms with Crippen LogP contribution in [0.2, 0.25) is 5.02 Å². The van der Waals surface area contributed by atoms with Crippen LogP contribution in [-0.2, 0) is 13.0 Å². The Kier molecular flexibility index (Phi) is 6.18. The van der Waals surface area contributed by atoms with Gasteiger partial charge < -0.3 is 10.4 Å². The van der Waals surface area contributed by atoms with Crippen LogP contribution in [0.5, 0.6) is 0 Å². The molecule has 1 aromatic carbocycles. The summed E-state index contributed by atoms with van der Waals surface area (Å²) in [6.07, 6.45) is 2.57. The lowest BCUT2D eigenvalue weighted by Crippen LogP contribution is -2.26. The number of halogens is 1. The van der Waals surface area contributed by atoms with Gasteiger partial charge in [-0.05, 0) is 48.6 Å². The topological polar surface area (TPSA) is 45.1 Å². The van der Waals surface area contributed by atoms with Gasteiger partial charge in [0.1, 0.15) is 0 Å². The van der Waals surface area contributed by atoms with Gasteiger partial charge in [0.25, 0.3) is 0 Å². The smallest absolute Gasteiger partial charge is 0.0475 e. The molecule has 2 aromatic rings. The average molecular weight is 305 g/mol. The Labute approximate surface area is 131 Å². The molecule has 112 valence electrons. The third-order valence-corrected chi connectivity index (χ3v) is 3.89. The van der Waals surface area contributed by atoms with Gasteiger partial charge in [0, 0.05) is 36.6 Å². The summed E-state index contributed by atoms with van der Waals surface area (Å²) in [5, 5.41) is 13.7. The molecule has 1 unspecified atom stereocenters. The number of hydrogen-bond donors (Lipinski definition) is 2. The van der Waals surface area contributed by atoms with Gasteiger partial charge in [-0.25, -0.2) is 0 Å². The molecule has 0 aliphatic carbocycles. The van der Waals surface area contributed by atoms with Gasteiger partial charge in [-0.2, -0.15) is 0 Å². The van der Waals surface area contributed by atoms with E-state index >= 15 is 0 Å². The standard InChI is InChI=1S/C17H21ClN2O/c1-13-8-14(5-6-17(13)18)10-19-11-15(12-21)9-16-4-2-3-7-20-16/h2-8,15,19,21H,9-12H2,1H3. The van der Waals surface area contributed by atoms with Crippen LogP contribution in [0.3, 0.4) is 0 Å². The van der Waals surface area contributed by atoms with E-state index in [2.05, 4.69) is 16.4 Å². The van der Waals surface area contributed by atoms with Crippen LogP contribution >= 0.6 is 11.6 Å². The molecule has 0 spiro atoms. The predicted molar refractivity (Wildman–Crippen MR) is 86.4 cm³/mol. The van der Waals surface area contributed by atoms with Crippen molar-refractivity contribution in [1.82, 2.24) is 10.3 Å². The molecular weight excluding hydrogens is 284 g/mol. The van der Waals surface area contributed by atoms with E-state index in [1.807, 2.05) is 37.3 Å². The number of aliphatic hydroxyl groups excluding tert-OH is 1. The van der Waals surface area contributed by atoms with Gasteiger partial charge in [0.05, 0.1) is 0 Å². The van der Waals surface area contributed by atoms with E-state index in [1.54, 1.807) is 6.20 Å². The van der Waals surface area contributed by atoms with Crippen molar-refractivity contribution in [2.45, 2.75) is 19.9 Å². The van der Waals surface area contributed by atoms with E-state index < -0.39 is 0 Å². The molecule has 1 atom stereocenters. The monoisotopic (exact) mass is 304 g/mol. The van der Waals surface area contributed by atoms with Crippen molar-refractivity contribution in [2.24, 2.45) is 5.92 Å². The quantitative estimate of drug-likeness (QED) is 0.826. The molecule has 21 heavy (non-hydrogen) atoms. The lowest BCUT2D eigenvalue weighted by atomic mass is 10.0. The van der Waals surface area contributed by atoms with Crippen molar-refractivity contribution in [1.29, 1.82) is 0 Å². The van der Waals surface area contributed by atoms with Crippen molar-refractivity contribution in [3.05, 3.63) is 64.4 Å². The van der Waals surface area contributed by atoms with E-state index in [0.717, 1.165) is 35.8 Å². The Morgan fingerprint density at radius 3 is 2.81 bits per heavy atom. The van der Waals surface area contributed by atoms with Gasteiger partial charge >= 0.3 is 0 Å². The molecule has 0 radical (unpaired) electrons. The SMILES string of the molecule is Cc1cc(CNCC(CO)Cc2ccccn2)ccc1Cl. The summed E-state index contributed by atoms with van der Waals surface area (Å²) in [5.74, 6) is 0.174. The van der Waals surface area contributed by atoms with Gasteiger partial charge in [-0.1, -0.05) is 29.8 Å². The highest BCUT2D eigenvalue weighted by Crippen LogP contribution is 2.16. The maximum absolute atomic E-state index is 9.48. The van der Waals surface area contributed by atoms with Crippen molar-refractivity contribution in [2.75, 3.05) is 13.2 Å². The number of aryl methyl sites for hydroxylation is 1. The number of hydrogen-bond acceptors (Lipinski definition) is 3. The lowest BCUT2D eigenvalue weighted by Gasteiger charge is -2.15. The van der Waals surface area contributed by atoms with Gasteiger partial charge in [0.2, 0.25) is 0 Å². The largest absolute Gasteiger partial charge is 0.396 e. The number of aromatic nitrogens is 1. The van der Waals surface area contributed by atoms with Crippen molar-refractivity contribution < 1.29 is 5.11 Å². The van der Waals surface area contributed by atoms with Crippen LogP contribution in [0.4, 0.5) is 0 Å². The van der Waals surface area contributed by atoms with Gasteiger partial charge in [-0.15, -0.1) is 0 Å². The maximum atomic E-state index is 9.48. The van der Waals surface area contributed by atoms with E-state index in [-0.39, 0.29) is 12.5 Å². The number of rotatable bonds is 7. The molecule has 2 N–H and O–H groups in total. The first-order chi connectivity index (χ1) is 10.2. The number of pyridine rings is 1. The highest BCUT2D eigenvalue weighted by atomic mass is 35.5. The molecule has 0 amide bonds. The van der Waals surface area contributed by atoms with Crippen molar-refractivity contribution in [3.63, 3.8) is 0 Å². The van der Waals surface area contributed by atoms with Crippen LogP contribution < -0.4 is 5.32 Å². The Morgan fingerprint density at radius 2 is 2.14 bits per heavy atom. The third-order valence-electron chi connectivity index (χ3n) is 3.47. The van der Waals surface area contributed by atoms with E-state index in [1.165, 1.54) is 5.56 Å². The Balaban J connectivity index is 1.81. The van der Waals surface area contributed by atoms with Crippen molar-refractivity contribution >= 4 is 11.6 Å². The molecule has 0 aliphatic rings. The first-order valence-electron chi connectivity index (χ1n) is 7.15. The molecule has 1 heterocycles. The van der Waals surface area contributed by atoms with Crippen LogP contribution in [0.25, 0.3) is 0 Å². The molecule has 4 heteroatoms. The highest BCUT2D eigenvalue weighted by molar-refractivity contribution is 6.31. The first-order valence-corrected chi connectivity index (χ1v) is 7.53. The molecule has 2 rings (SSSR count). The zero-order chi connectivity index (χ0) is 15.1. The minimum atomic E-state index is 0.156. The summed E-state index contributed by atoms with van der Waals surface area (Å²) in [6, 6.07) is 11.9.